The van der Waals surface area contributed by atoms with Gasteiger partial charge in [-0.3, -0.25) is 19.3 Å². The van der Waals surface area contributed by atoms with Crippen molar-refractivity contribution in [2.24, 2.45) is 0 Å². The van der Waals surface area contributed by atoms with E-state index in [9.17, 15) is 22.8 Å². The number of rotatable bonds is 6. The van der Waals surface area contributed by atoms with Gasteiger partial charge in [0.1, 0.15) is 6.54 Å². The smallest absolute Gasteiger partial charge is 0.258 e. The minimum Gasteiger partial charge on any atom is -0.323 e. The molecule has 0 aliphatic carbocycles. The summed E-state index contributed by atoms with van der Waals surface area (Å²) in [4.78, 5) is 39.2. The molecule has 3 aromatic rings. The third-order valence-electron chi connectivity index (χ3n) is 5.20. The second-order valence-corrected chi connectivity index (χ2v) is 10.0. The van der Waals surface area contributed by atoms with E-state index >= 15 is 0 Å². The zero-order chi connectivity index (χ0) is 25.2. The lowest BCUT2D eigenvalue weighted by molar-refractivity contribution is -0.115. The zero-order valence-corrected chi connectivity index (χ0v) is 19.9. The fraction of sp³-hybridized carbons (Fsp3) is 0.160. The largest absolute Gasteiger partial charge is 0.323 e. The third-order valence-corrected chi connectivity index (χ3v) is 6.86. The molecule has 0 bridgehead atoms. The molecule has 0 atom stereocenters. The Hall–Kier alpha value is -4.02. The molecule has 0 spiro atoms. The van der Waals surface area contributed by atoms with E-state index in [1.807, 2.05) is 0 Å². The summed E-state index contributed by atoms with van der Waals surface area (Å²) < 4.78 is 27.3. The van der Waals surface area contributed by atoms with E-state index in [1.165, 1.54) is 29.2 Å². The quantitative estimate of drug-likeness (QED) is 0.487. The molecular formula is C25H24N4O5S. The highest BCUT2D eigenvalue weighted by molar-refractivity contribution is 7.89. The number of carbonyl (C=O) groups excluding carboxylic acids is 3. The van der Waals surface area contributed by atoms with Crippen molar-refractivity contribution in [3.8, 4) is 0 Å². The summed E-state index contributed by atoms with van der Waals surface area (Å²) in [7, 11) is -3.74. The maximum atomic E-state index is 13.1. The normalized spacial score (nSPS) is 13.2. The van der Waals surface area contributed by atoms with Crippen LogP contribution in [0.15, 0.2) is 77.7 Å². The van der Waals surface area contributed by atoms with Crippen LogP contribution in [-0.4, -0.2) is 38.7 Å². The average Bonchev–Trinajstić information content (AvgIpc) is 2.83. The Morgan fingerprint density at radius 1 is 0.943 bits per heavy atom. The predicted molar refractivity (Wildman–Crippen MR) is 133 cm³/mol. The number of hydrogen-bond acceptors (Lipinski definition) is 5. The van der Waals surface area contributed by atoms with Gasteiger partial charge in [0, 0.05) is 22.9 Å². The second kappa shape index (κ2) is 9.69. The topological polar surface area (TPSA) is 125 Å². The van der Waals surface area contributed by atoms with Crippen LogP contribution in [0.3, 0.4) is 0 Å². The van der Waals surface area contributed by atoms with Gasteiger partial charge in [-0.25, -0.2) is 13.1 Å². The number of nitrogens with one attached hydrogen (secondary N) is 3. The van der Waals surface area contributed by atoms with Crippen molar-refractivity contribution in [1.29, 1.82) is 0 Å². The average molecular weight is 493 g/mol. The Kier molecular flexibility index (Phi) is 6.68. The molecule has 0 saturated heterocycles. The molecule has 1 aliphatic heterocycles. The Labute approximate surface area is 203 Å². The van der Waals surface area contributed by atoms with Gasteiger partial charge in [0.2, 0.25) is 15.9 Å². The number of para-hydroxylation sites is 2. The van der Waals surface area contributed by atoms with E-state index in [2.05, 4.69) is 15.4 Å². The fourth-order valence-corrected chi connectivity index (χ4v) is 4.95. The van der Waals surface area contributed by atoms with Crippen molar-refractivity contribution in [3.05, 3.63) is 83.9 Å². The van der Waals surface area contributed by atoms with Crippen LogP contribution >= 0.6 is 0 Å². The first-order valence-corrected chi connectivity index (χ1v) is 12.4. The van der Waals surface area contributed by atoms with Crippen LogP contribution in [-0.2, 0) is 14.8 Å². The summed E-state index contributed by atoms with van der Waals surface area (Å²) in [5.74, 6) is -1.12. The molecule has 0 saturated carbocycles. The lowest BCUT2D eigenvalue weighted by Gasteiger charge is -2.29. The minimum atomic E-state index is -3.74. The molecule has 0 radical (unpaired) electrons. The van der Waals surface area contributed by atoms with E-state index in [-0.39, 0.29) is 34.9 Å². The molecule has 1 aliphatic rings. The van der Waals surface area contributed by atoms with Crippen LogP contribution in [0.1, 0.15) is 34.6 Å². The Balaban J connectivity index is 1.49. The Bertz CT molecular complexity index is 1400. The van der Waals surface area contributed by atoms with Gasteiger partial charge in [0.25, 0.3) is 11.8 Å². The lowest BCUT2D eigenvalue weighted by Crippen LogP contribution is -2.42. The Morgan fingerprint density at radius 3 is 2.37 bits per heavy atom. The first-order chi connectivity index (χ1) is 16.6. The van der Waals surface area contributed by atoms with E-state index < -0.39 is 15.9 Å². The van der Waals surface area contributed by atoms with E-state index in [4.69, 9.17) is 0 Å². The van der Waals surface area contributed by atoms with Gasteiger partial charge in [-0.15, -0.1) is 0 Å². The van der Waals surface area contributed by atoms with E-state index in [0.29, 0.717) is 22.6 Å². The molecule has 1 heterocycles. The van der Waals surface area contributed by atoms with Gasteiger partial charge < -0.3 is 10.6 Å². The number of anilines is 3. The summed E-state index contributed by atoms with van der Waals surface area (Å²) in [5.41, 5.74) is 2.12. The summed E-state index contributed by atoms with van der Waals surface area (Å²) in [6, 6.07) is 18.7. The highest BCUT2D eigenvalue weighted by Crippen LogP contribution is 2.30. The van der Waals surface area contributed by atoms with Crippen molar-refractivity contribution < 1.29 is 22.8 Å². The standard InChI is InChI=1S/C25H24N4O5S/c1-16(2)28-35(33,34)20-7-5-6-18(14-20)24(31)26-19-12-10-17(11-13-19)25(32)29-15-23(30)27-21-8-3-4-9-22(21)29/h3-14,16,28H,15H2,1-2H3,(H,26,31)(H,27,30). The van der Waals surface area contributed by atoms with E-state index in [0.717, 1.165) is 0 Å². The molecule has 0 fully saturated rings. The first-order valence-electron chi connectivity index (χ1n) is 10.9. The molecule has 0 aromatic heterocycles. The molecule has 4 rings (SSSR count). The van der Waals surface area contributed by atoms with Crippen molar-refractivity contribution in [2.45, 2.75) is 24.8 Å². The molecule has 180 valence electrons. The maximum Gasteiger partial charge on any atom is 0.258 e. The molecular weight excluding hydrogens is 468 g/mol. The van der Waals surface area contributed by atoms with Crippen LogP contribution in [0.5, 0.6) is 0 Å². The van der Waals surface area contributed by atoms with Gasteiger partial charge in [-0.1, -0.05) is 18.2 Å². The summed E-state index contributed by atoms with van der Waals surface area (Å²) in [5, 5.41) is 5.45. The van der Waals surface area contributed by atoms with Gasteiger partial charge in [-0.2, -0.15) is 0 Å². The van der Waals surface area contributed by atoms with Crippen LogP contribution in [0.2, 0.25) is 0 Å². The molecule has 0 unspecified atom stereocenters. The molecule has 35 heavy (non-hydrogen) atoms. The van der Waals surface area contributed by atoms with Gasteiger partial charge >= 0.3 is 0 Å². The van der Waals surface area contributed by atoms with Crippen molar-refractivity contribution in [1.82, 2.24) is 4.72 Å². The van der Waals surface area contributed by atoms with Crippen LogP contribution in [0.4, 0.5) is 17.1 Å². The minimum absolute atomic E-state index is 0.00866. The van der Waals surface area contributed by atoms with E-state index in [1.54, 1.807) is 62.4 Å². The number of nitrogens with zero attached hydrogens (tertiary/aromatic N) is 1. The number of benzene rings is 3. The molecule has 3 aromatic carbocycles. The number of carbonyl (C=O) groups is 3. The van der Waals surface area contributed by atoms with Crippen LogP contribution < -0.4 is 20.3 Å². The predicted octanol–water partition coefficient (Wildman–Crippen LogP) is 3.22. The first kappa shape index (κ1) is 24.1. The van der Waals surface area contributed by atoms with Gasteiger partial charge in [0.05, 0.1) is 16.3 Å². The molecule has 10 heteroatoms. The highest BCUT2D eigenvalue weighted by Gasteiger charge is 2.27. The van der Waals surface area contributed by atoms with Crippen LogP contribution in [0, 0.1) is 0 Å². The van der Waals surface area contributed by atoms with Gasteiger partial charge in [0.15, 0.2) is 0 Å². The Morgan fingerprint density at radius 2 is 1.66 bits per heavy atom. The highest BCUT2D eigenvalue weighted by atomic mass is 32.2. The zero-order valence-electron chi connectivity index (χ0n) is 19.1. The number of hydrogen-bond donors (Lipinski definition) is 3. The summed E-state index contributed by atoms with van der Waals surface area (Å²) in [6.45, 7) is 3.32. The number of sulfonamides is 1. The lowest BCUT2D eigenvalue weighted by atomic mass is 10.1. The maximum absolute atomic E-state index is 13.1. The third kappa shape index (κ3) is 5.39. The van der Waals surface area contributed by atoms with Crippen molar-refractivity contribution in [3.63, 3.8) is 0 Å². The molecule has 3 N–H and O–H groups in total. The second-order valence-electron chi connectivity index (χ2n) is 8.29. The number of amides is 3. The summed E-state index contributed by atoms with van der Waals surface area (Å²) in [6.07, 6.45) is 0. The summed E-state index contributed by atoms with van der Waals surface area (Å²) >= 11 is 0. The van der Waals surface area contributed by atoms with Gasteiger partial charge in [-0.05, 0) is 68.4 Å². The fourth-order valence-electron chi connectivity index (χ4n) is 3.65. The van der Waals surface area contributed by atoms with Crippen molar-refractivity contribution >= 4 is 44.8 Å². The SMILES string of the molecule is CC(C)NS(=O)(=O)c1cccc(C(=O)Nc2ccc(C(=O)N3CC(=O)Nc4ccccc43)cc2)c1. The molecule has 3 amide bonds. The van der Waals surface area contributed by atoms with Crippen LogP contribution in [0.25, 0.3) is 0 Å². The number of fused-ring (bicyclic) bond motifs is 1. The monoisotopic (exact) mass is 492 g/mol. The molecule has 9 nitrogen and oxygen atoms in total. The van der Waals surface area contributed by atoms with Crippen molar-refractivity contribution in [2.75, 3.05) is 22.1 Å².